The summed E-state index contributed by atoms with van der Waals surface area (Å²) in [4.78, 5) is 19.5. The van der Waals surface area contributed by atoms with Crippen molar-refractivity contribution in [2.75, 3.05) is 19.6 Å². The van der Waals surface area contributed by atoms with Gasteiger partial charge in [0.05, 0.1) is 11.3 Å². The number of hydrogen-bond acceptors (Lipinski definition) is 4. The number of rotatable bonds is 6. The van der Waals surface area contributed by atoms with Crippen LogP contribution >= 0.6 is 12.4 Å². The number of carbonyl (C=O) groups excluding carboxylic acids is 1. The summed E-state index contributed by atoms with van der Waals surface area (Å²) in [5.41, 5.74) is 1.24. The highest BCUT2D eigenvalue weighted by Gasteiger charge is 2.08. The van der Waals surface area contributed by atoms with Gasteiger partial charge in [-0.05, 0) is 19.9 Å². The number of carbonyl (C=O) groups is 1. The summed E-state index contributed by atoms with van der Waals surface area (Å²) in [5, 5.41) is 6.03. The van der Waals surface area contributed by atoms with E-state index in [1.165, 1.54) is 12.5 Å². The van der Waals surface area contributed by atoms with Crippen molar-refractivity contribution < 1.29 is 4.79 Å². The van der Waals surface area contributed by atoms with Crippen LogP contribution in [-0.4, -0.2) is 35.5 Å². The maximum absolute atomic E-state index is 11.7. The highest BCUT2D eigenvalue weighted by atomic mass is 35.5. The second-order valence-corrected chi connectivity index (χ2v) is 3.53. The number of nitrogens with zero attached hydrogens (tertiary/aromatic N) is 2. The number of amides is 1. The minimum atomic E-state index is -0.114. The van der Waals surface area contributed by atoms with E-state index in [2.05, 4.69) is 27.5 Å². The molecule has 1 aromatic heterocycles. The van der Waals surface area contributed by atoms with Gasteiger partial charge in [0.1, 0.15) is 6.33 Å². The summed E-state index contributed by atoms with van der Waals surface area (Å²) < 4.78 is 0. The molecular weight excluding hydrogens is 240 g/mol. The van der Waals surface area contributed by atoms with Gasteiger partial charge >= 0.3 is 0 Å². The Morgan fingerprint density at radius 1 is 1.35 bits per heavy atom. The molecule has 17 heavy (non-hydrogen) atoms. The normalized spacial score (nSPS) is 9.53. The fraction of sp³-hybridized carbons (Fsp3) is 0.545. The molecule has 0 aliphatic rings. The van der Waals surface area contributed by atoms with Crippen LogP contribution in [0.4, 0.5) is 0 Å². The topological polar surface area (TPSA) is 66.9 Å². The third-order valence-corrected chi connectivity index (χ3v) is 2.17. The van der Waals surface area contributed by atoms with E-state index in [1.54, 1.807) is 6.92 Å². The van der Waals surface area contributed by atoms with E-state index in [9.17, 15) is 4.79 Å². The lowest BCUT2D eigenvalue weighted by Gasteiger charge is -2.06. The second-order valence-electron chi connectivity index (χ2n) is 3.53. The molecule has 1 aromatic rings. The average molecular weight is 259 g/mol. The monoisotopic (exact) mass is 258 g/mol. The van der Waals surface area contributed by atoms with E-state index in [4.69, 9.17) is 0 Å². The Labute approximate surface area is 108 Å². The van der Waals surface area contributed by atoms with E-state index >= 15 is 0 Å². The Bertz CT molecular complexity index is 346. The number of halogens is 1. The van der Waals surface area contributed by atoms with E-state index in [-0.39, 0.29) is 18.3 Å². The molecule has 2 N–H and O–H groups in total. The van der Waals surface area contributed by atoms with Gasteiger partial charge in [-0.15, -0.1) is 12.4 Å². The van der Waals surface area contributed by atoms with Crippen LogP contribution in [0.2, 0.25) is 0 Å². The second kappa shape index (κ2) is 8.90. The predicted molar refractivity (Wildman–Crippen MR) is 69.5 cm³/mol. The Hall–Kier alpha value is -1.20. The third kappa shape index (κ3) is 5.60. The highest BCUT2D eigenvalue weighted by molar-refractivity contribution is 5.94. The van der Waals surface area contributed by atoms with Crippen molar-refractivity contribution in [2.24, 2.45) is 0 Å². The number of aryl methyl sites for hydroxylation is 1. The van der Waals surface area contributed by atoms with Gasteiger partial charge in [0.15, 0.2) is 0 Å². The first-order valence-electron chi connectivity index (χ1n) is 5.51. The van der Waals surface area contributed by atoms with Gasteiger partial charge in [0, 0.05) is 19.3 Å². The summed E-state index contributed by atoms with van der Waals surface area (Å²) in [7, 11) is 0. The molecule has 1 rings (SSSR count). The minimum Gasteiger partial charge on any atom is -0.351 e. The molecule has 0 spiro atoms. The largest absolute Gasteiger partial charge is 0.351 e. The lowest BCUT2D eigenvalue weighted by Crippen LogP contribution is -2.32. The third-order valence-electron chi connectivity index (χ3n) is 2.17. The SMILES string of the molecule is CCCNCCNC(=O)c1cncnc1C.Cl. The van der Waals surface area contributed by atoms with Crippen LogP contribution in [0.3, 0.4) is 0 Å². The first-order valence-corrected chi connectivity index (χ1v) is 5.51. The fourth-order valence-corrected chi connectivity index (χ4v) is 1.28. The van der Waals surface area contributed by atoms with Crippen LogP contribution in [0.25, 0.3) is 0 Å². The van der Waals surface area contributed by atoms with E-state index in [0.717, 1.165) is 19.5 Å². The molecule has 0 bridgehead atoms. The molecule has 0 aromatic carbocycles. The number of nitrogens with one attached hydrogen (secondary N) is 2. The zero-order valence-corrected chi connectivity index (χ0v) is 11.0. The molecule has 0 aliphatic carbocycles. The van der Waals surface area contributed by atoms with Crippen molar-refractivity contribution in [1.82, 2.24) is 20.6 Å². The Morgan fingerprint density at radius 3 is 2.76 bits per heavy atom. The Kier molecular flexibility index (Phi) is 8.27. The van der Waals surface area contributed by atoms with E-state index in [1.807, 2.05) is 0 Å². The van der Waals surface area contributed by atoms with E-state index in [0.29, 0.717) is 17.8 Å². The van der Waals surface area contributed by atoms with Crippen molar-refractivity contribution in [1.29, 1.82) is 0 Å². The number of aromatic nitrogens is 2. The molecule has 1 heterocycles. The molecule has 1 amide bonds. The van der Waals surface area contributed by atoms with Crippen molar-refractivity contribution in [3.63, 3.8) is 0 Å². The molecule has 0 fully saturated rings. The first kappa shape index (κ1) is 15.8. The smallest absolute Gasteiger partial charge is 0.254 e. The zero-order valence-electron chi connectivity index (χ0n) is 10.2. The maximum Gasteiger partial charge on any atom is 0.254 e. The van der Waals surface area contributed by atoms with Crippen molar-refractivity contribution >= 4 is 18.3 Å². The van der Waals surface area contributed by atoms with Crippen molar-refractivity contribution in [2.45, 2.75) is 20.3 Å². The van der Waals surface area contributed by atoms with Crippen LogP contribution in [0, 0.1) is 6.92 Å². The van der Waals surface area contributed by atoms with Gasteiger partial charge in [0.25, 0.3) is 5.91 Å². The summed E-state index contributed by atoms with van der Waals surface area (Å²) >= 11 is 0. The molecule has 0 aliphatic heterocycles. The summed E-state index contributed by atoms with van der Waals surface area (Å²) in [5.74, 6) is -0.114. The number of hydrogen-bond donors (Lipinski definition) is 2. The molecule has 0 atom stereocenters. The minimum absolute atomic E-state index is 0. The van der Waals surface area contributed by atoms with Gasteiger partial charge in [-0.25, -0.2) is 9.97 Å². The van der Waals surface area contributed by atoms with Gasteiger partial charge in [0.2, 0.25) is 0 Å². The summed E-state index contributed by atoms with van der Waals surface area (Å²) in [6.45, 7) is 6.28. The highest BCUT2D eigenvalue weighted by Crippen LogP contribution is 2.00. The van der Waals surface area contributed by atoms with Crippen molar-refractivity contribution in [3.8, 4) is 0 Å². The standard InChI is InChI=1S/C11H18N4O.ClH/c1-3-4-12-5-6-14-11(16)10-7-13-8-15-9(10)2;/h7-8,12H,3-6H2,1-2H3,(H,14,16);1H. The predicted octanol–water partition coefficient (Wildman–Crippen LogP) is 0.936. The lowest BCUT2D eigenvalue weighted by molar-refractivity contribution is 0.0952. The molecule has 0 saturated heterocycles. The molecule has 0 unspecified atom stereocenters. The maximum atomic E-state index is 11.7. The first-order chi connectivity index (χ1) is 7.75. The van der Waals surface area contributed by atoms with Gasteiger partial charge in [-0.1, -0.05) is 6.92 Å². The molecule has 6 heteroatoms. The quantitative estimate of drug-likeness (QED) is 0.746. The van der Waals surface area contributed by atoms with Crippen LogP contribution in [-0.2, 0) is 0 Å². The Morgan fingerprint density at radius 2 is 2.12 bits per heavy atom. The van der Waals surface area contributed by atoms with E-state index < -0.39 is 0 Å². The molecule has 0 radical (unpaired) electrons. The molecule has 5 nitrogen and oxygen atoms in total. The fourth-order valence-electron chi connectivity index (χ4n) is 1.28. The zero-order chi connectivity index (χ0) is 11.8. The van der Waals surface area contributed by atoms with Gasteiger partial charge in [-0.2, -0.15) is 0 Å². The van der Waals surface area contributed by atoms with Crippen molar-refractivity contribution in [3.05, 3.63) is 23.8 Å². The van der Waals surface area contributed by atoms with Crippen LogP contribution in [0.15, 0.2) is 12.5 Å². The summed E-state index contributed by atoms with van der Waals surface area (Å²) in [6.07, 6.45) is 4.08. The molecule has 96 valence electrons. The van der Waals surface area contributed by atoms with Gasteiger partial charge < -0.3 is 10.6 Å². The van der Waals surface area contributed by atoms with Crippen LogP contribution in [0.5, 0.6) is 0 Å². The molecular formula is C11H19ClN4O. The summed E-state index contributed by atoms with van der Waals surface area (Å²) in [6, 6.07) is 0. The van der Waals surface area contributed by atoms with Crippen LogP contribution in [0.1, 0.15) is 29.4 Å². The van der Waals surface area contributed by atoms with Gasteiger partial charge in [-0.3, -0.25) is 4.79 Å². The molecule has 0 saturated carbocycles. The lowest BCUT2D eigenvalue weighted by atomic mass is 10.2. The Balaban J connectivity index is 0.00000256. The average Bonchev–Trinajstić information content (AvgIpc) is 2.29. The van der Waals surface area contributed by atoms with Crippen LogP contribution < -0.4 is 10.6 Å².